The number of hydrogen-bond donors (Lipinski definition) is 1. The molecule has 0 saturated carbocycles. The smallest absolute Gasteiger partial charge is 0.303 e. The minimum Gasteiger partial charge on any atom is -0.481 e. The Morgan fingerprint density at radius 3 is 2.71 bits per heavy atom. The highest BCUT2D eigenvalue weighted by atomic mass is 16.5. The largest absolute Gasteiger partial charge is 0.481 e. The molecule has 1 saturated heterocycles. The quantitative estimate of drug-likeness (QED) is 0.662. The van der Waals surface area contributed by atoms with Crippen LogP contribution >= 0.6 is 0 Å². The summed E-state index contributed by atoms with van der Waals surface area (Å²) in [4.78, 5) is 10.2. The van der Waals surface area contributed by atoms with E-state index < -0.39 is 5.97 Å². The van der Waals surface area contributed by atoms with Gasteiger partial charge in [-0.15, -0.1) is 0 Å². The van der Waals surface area contributed by atoms with Gasteiger partial charge in [0.15, 0.2) is 0 Å². The molecule has 0 aromatic rings. The second-order valence-corrected chi connectivity index (χ2v) is 3.53. The Hall–Kier alpha value is -0.610. The van der Waals surface area contributed by atoms with E-state index in [2.05, 4.69) is 0 Å². The molecule has 4 nitrogen and oxygen atoms in total. The van der Waals surface area contributed by atoms with Gasteiger partial charge in [-0.3, -0.25) is 4.79 Å². The molecular formula is C10H18O4. The molecular weight excluding hydrogens is 184 g/mol. The number of aliphatic carboxylic acids is 1. The first kappa shape index (κ1) is 11.5. The van der Waals surface area contributed by atoms with Crippen molar-refractivity contribution in [2.45, 2.75) is 38.2 Å². The first-order chi connectivity index (χ1) is 6.79. The van der Waals surface area contributed by atoms with Crippen LogP contribution in [0.15, 0.2) is 0 Å². The first-order valence-electron chi connectivity index (χ1n) is 5.20. The molecule has 1 heterocycles. The molecule has 0 bridgehead atoms. The lowest BCUT2D eigenvalue weighted by Crippen LogP contribution is -2.23. The van der Waals surface area contributed by atoms with Crippen molar-refractivity contribution in [1.29, 1.82) is 0 Å². The van der Waals surface area contributed by atoms with Crippen LogP contribution in [0.25, 0.3) is 0 Å². The van der Waals surface area contributed by atoms with Gasteiger partial charge < -0.3 is 14.6 Å². The normalized spacial score (nSPS) is 18.3. The lowest BCUT2D eigenvalue weighted by atomic mass is 10.1. The highest BCUT2D eigenvalue weighted by Crippen LogP contribution is 2.11. The summed E-state index contributed by atoms with van der Waals surface area (Å²) >= 11 is 0. The Labute approximate surface area is 84.2 Å². The first-order valence-corrected chi connectivity index (χ1v) is 5.20. The van der Waals surface area contributed by atoms with Crippen LogP contribution in [0.4, 0.5) is 0 Å². The summed E-state index contributed by atoms with van der Waals surface area (Å²) in [5.74, 6) is -0.726. The number of carbonyl (C=O) groups is 1. The second-order valence-electron chi connectivity index (χ2n) is 3.53. The SMILES string of the molecule is O=C(O)CCCCOC1CCOCC1. The highest BCUT2D eigenvalue weighted by molar-refractivity contribution is 5.66. The van der Waals surface area contributed by atoms with Crippen LogP contribution in [0.1, 0.15) is 32.1 Å². The topological polar surface area (TPSA) is 55.8 Å². The lowest BCUT2D eigenvalue weighted by molar-refractivity contribution is -0.137. The Balaban J connectivity index is 1.90. The van der Waals surface area contributed by atoms with E-state index in [1.54, 1.807) is 0 Å². The second kappa shape index (κ2) is 6.79. The molecule has 0 amide bonds. The van der Waals surface area contributed by atoms with Crippen LogP contribution in [0.2, 0.25) is 0 Å². The zero-order valence-corrected chi connectivity index (χ0v) is 8.41. The highest BCUT2D eigenvalue weighted by Gasteiger charge is 2.13. The van der Waals surface area contributed by atoms with Crippen LogP contribution in [0, 0.1) is 0 Å². The Kier molecular flexibility index (Phi) is 5.56. The van der Waals surface area contributed by atoms with Crippen molar-refractivity contribution in [3.63, 3.8) is 0 Å². The predicted octanol–water partition coefficient (Wildman–Crippen LogP) is 1.44. The minimum absolute atomic E-state index is 0.247. The van der Waals surface area contributed by atoms with Crippen LogP contribution in [-0.4, -0.2) is 37.0 Å². The molecule has 0 atom stereocenters. The summed E-state index contributed by atoms with van der Waals surface area (Å²) in [6, 6.07) is 0. The van der Waals surface area contributed by atoms with E-state index in [-0.39, 0.29) is 6.42 Å². The van der Waals surface area contributed by atoms with Gasteiger partial charge in [-0.05, 0) is 25.7 Å². The summed E-state index contributed by atoms with van der Waals surface area (Å²) in [5.41, 5.74) is 0. The molecule has 14 heavy (non-hydrogen) atoms. The molecule has 0 radical (unpaired) electrons. The van der Waals surface area contributed by atoms with E-state index in [1.807, 2.05) is 0 Å². The molecule has 0 spiro atoms. The molecule has 0 aromatic carbocycles. The standard InChI is InChI=1S/C10H18O4/c11-10(12)3-1-2-6-14-9-4-7-13-8-5-9/h9H,1-8H2,(H,11,12). The Morgan fingerprint density at radius 1 is 1.36 bits per heavy atom. The molecule has 1 rings (SSSR count). The van der Waals surface area contributed by atoms with Crippen molar-refractivity contribution in [3.8, 4) is 0 Å². The lowest BCUT2D eigenvalue weighted by Gasteiger charge is -2.22. The van der Waals surface area contributed by atoms with Crippen LogP contribution in [0.5, 0.6) is 0 Å². The van der Waals surface area contributed by atoms with Crippen molar-refractivity contribution >= 4 is 5.97 Å². The maximum Gasteiger partial charge on any atom is 0.303 e. The fourth-order valence-corrected chi connectivity index (χ4v) is 1.47. The van der Waals surface area contributed by atoms with E-state index >= 15 is 0 Å². The average molecular weight is 202 g/mol. The van der Waals surface area contributed by atoms with Crippen LogP contribution in [0.3, 0.4) is 0 Å². The molecule has 0 aliphatic carbocycles. The van der Waals surface area contributed by atoms with Crippen molar-refractivity contribution in [3.05, 3.63) is 0 Å². The molecule has 0 aromatic heterocycles. The van der Waals surface area contributed by atoms with Crippen molar-refractivity contribution in [1.82, 2.24) is 0 Å². The van der Waals surface area contributed by atoms with E-state index in [0.717, 1.165) is 32.5 Å². The van der Waals surface area contributed by atoms with Crippen LogP contribution < -0.4 is 0 Å². The Bertz CT molecular complexity index is 164. The molecule has 82 valence electrons. The summed E-state index contributed by atoms with van der Waals surface area (Å²) in [6.45, 7) is 2.26. The van der Waals surface area contributed by atoms with Gasteiger partial charge in [0.25, 0.3) is 0 Å². The van der Waals surface area contributed by atoms with E-state index in [4.69, 9.17) is 14.6 Å². The maximum atomic E-state index is 10.2. The van der Waals surface area contributed by atoms with Gasteiger partial charge in [0, 0.05) is 26.2 Å². The van der Waals surface area contributed by atoms with Gasteiger partial charge in [0.1, 0.15) is 0 Å². The fourth-order valence-electron chi connectivity index (χ4n) is 1.47. The Morgan fingerprint density at radius 2 is 2.07 bits per heavy atom. The summed E-state index contributed by atoms with van der Waals surface area (Å²) in [6.07, 6.45) is 4.06. The zero-order chi connectivity index (χ0) is 10.2. The van der Waals surface area contributed by atoms with Gasteiger partial charge in [-0.25, -0.2) is 0 Å². The molecule has 0 unspecified atom stereocenters. The monoisotopic (exact) mass is 202 g/mol. The third-order valence-corrected chi connectivity index (χ3v) is 2.31. The third kappa shape index (κ3) is 5.19. The average Bonchev–Trinajstić information content (AvgIpc) is 2.18. The van der Waals surface area contributed by atoms with Crippen molar-refractivity contribution in [2.24, 2.45) is 0 Å². The van der Waals surface area contributed by atoms with E-state index in [0.29, 0.717) is 19.1 Å². The number of unbranched alkanes of at least 4 members (excludes halogenated alkanes) is 1. The van der Waals surface area contributed by atoms with E-state index in [9.17, 15) is 4.79 Å². The van der Waals surface area contributed by atoms with Gasteiger partial charge in [-0.1, -0.05) is 0 Å². The third-order valence-electron chi connectivity index (χ3n) is 2.31. The molecule has 4 heteroatoms. The minimum atomic E-state index is -0.726. The van der Waals surface area contributed by atoms with Crippen molar-refractivity contribution in [2.75, 3.05) is 19.8 Å². The van der Waals surface area contributed by atoms with Gasteiger partial charge >= 0.3 is 5.97 Å². The number of ether oxygens (including phenoxy) is 2. The molecule has 1 N–H and O–H groups in total. The van der Waals surface area contributed by atoms with E-state index in [1.165, 1.54) is 0 Å². The number of hydrogen-bond acceptors (Lipinski definition) is 3. The number of carboxylic acids is 1. The summed E-state index contributed by atoms with van der Waals surface area (Å²) in [7, 11) is 0. The van der Waals surface area contributed by atoms with Crippen LogP contribution in [-0.2, 0) is 14.3 Å². The maximum absolute atomic E-state index is 10.2. The molecule has 1 aliphatic heterocycles. The number of carboxylic acid groups (broad SMARTS) is 1. The summed E-state index contributed by atoms with van der Waals surface area (Å²) in [5, 5.41) is 8.40. The van der Waals surface area contributed by atoms with Crippen molar-refractivity contribution < 1.29 is 19.4 Å². The van der Waals surface area contributed by atoms with Gasteiger partial charge in [-0.2, -0.15) is 0 Å². The predicted molar refractivity (Wildman–Crippen MR) is 51.3 cm³/mol. The zero-order valence-electron chi connectivity index (χ0n) is 8.41. The number of rotatable bonds is 6. The van der Waals surface area contributed by atoms with Gasteiger partial charge in [0.05, 0.1) is 6.10 Å². The summed E-state index contributed by atoms with van der Waals surface area (Å²) < 4.78 is 10.8. The van der Waals surface area contributed by atoms with Gasteiger partial charge in [0.2, 0.25) is 0 Å². The molecule has 1 aliphatic rings. The fraction of sp³-hybridized carbons (Fsp3) is 0.900. The molecule has 1 fully saturated rings.